The van der Waals surface area contributed by atoms with Crippen molar-refractivity contribution in [2.75, 3.05) is 12.0 Å². The van der Waals surface area contributed by atoms with Gasteiger partial charge in [0.05, 0.1) is 0 Å². The van der Waals surface area contributed by atoms with Gasteiger partial charge in [-0.05, 0) is 24.9 Å². The molecule has 0 aromatic carbocycles. The van der Waals surface area contributed by atoms with Gasteiger partial charge in [-0.3, -0.25) is 0 Å². The Morgan fingerprint density at radius 3 is 2.36 bits per heavy atom. The van der Waals surface area contributed by atoms with Crippen LogP contribution in [0, 0.1) is 12.3 Å². The topological polar surface area (TPSA) is 0 Å². The van der Waals surface area contributed by atoms with E-state index in [0.29, 0.717) is 0 Å². The van der Waals surface area contributed by atoms with Crippen molar-refractivity contribution in [3.8, 4) is 12.3 Å². The van der Waals surface area contributed by atoms with Crippen LogP contribution in [0.1, 0.15) is 38.5 Å². The Labute approximate surface area is 75.1 Å². The molecule has 0 aliphatic heterocycles. The van der Waals surface area contributed by atoms with Crippen LogP contribution in [-0.2, 0) is 0 Å². The Kier molecular flexibility index (Phi) is 9.83. The van der Waals surface area contributed by atoms with Crippen molar-refractivity contribution in [2.24, 2.45) is 0 Å². The molecule has 1 heteroatoms. The van der Waals surface area contributed by atoms with Gasteiger partial charge in [0.15, 0.2) is 0 Å². The van der Waals surface area contributed by atoms with Crippen molar-refractivity contribution >= 4 is 11.8 Å². The van der Waals surface area contributed by atoms with E-state index in [1.165, 1.54) is 37.9 Å². The summed E-state index contributed by atoms with van der Waals surface area (Å²) in [5.74, 6) is 3.98. The highest BCUT2D eigenvalue weighted by molar-refractivity contribution is 7.98. The highest BCUT2D eigenvalue weighted by atomic mass is 32.2. The Morgan fingerprint density at radius 1 is 1.09 bits per heavy atom. The first-order valence-electron chi connectivity index (χ1n) is 4.34. The highest BCUT2D eigenvalue weighted by Crippen LogP contribution is 2.07. The van der Waals surface area contributed by atoms with Crippen molar-refractivity contribution in [1.29, 1.82) is 0 Å². The first-order valence-corrected chi connectivity index (χ1v) is 5.73. The van der Waals surface area contributed by atoms with E-state index in [9.17, 15) is 0 Å². The summed E-state index contributed by atoms with van der Waals surface area (Å²) >= 11 is 1.94. The zero-order valence-corrected chi connectivity index (χ0v) is 8.25. The lowest BCUT2D eigenvalue weighted by Gasteiger charge is -1.97. The van der Waals surface area contributed by atoms with Crippen LogP contribution in [-0.4, -0.2) is 12.0 Å². The predicted octanol–water partition coefficient (Wildman–Crippen LogP) is 3.32. The van der Waals surface area contributed by atoms with Gasteiger partial charge in [-0.15, -0.1) is 12.3 Å². The molecule has 0 aliphatic rings. The monoisotopic (exact) mass is 170 g/mol. The maximum absolute atomic E-state index is 5.14. The second-order valence-corrected chi connectivity index (χ2v) is 3.70. The van der Waals surface area contributed by atoms with E-state index in [1.807, 2.05) is 11.8 Å². The highest BCUT2D eigenvalue weighted by Gasteiger charge is 1.88. The van der Waals surface area contributed by atoms with Crippen LogP contribution in [0.5, 0.6) is 0 Å². The fourth-order valence-corrected chi connectivity index (χ4v) is 1.50. The van der Waals surface area contributed by atoms with Gasteiger partial charge in [0.1, 0.15) is 0 Å². The quantitative estimate of drug-likeness (QED) is 0.417. The smallest absolute Gasteiger partial charge is 0.00860 e. The van der Waals surface area contributed by atoms with E-state index in [0.717, 1.165) is 6.42 Å². The largest absolute Gasteiger partial charge is 0.165 e. The van der Waals surface area contributed by atoms with Crippen molar-refractivity contribution < 1.29 is 0 Å². The number of terminal acetylenes is 1. The third-order valence-electron chi connectivity index (χ3n) is 1.67. The van der Waals surface area contributed by atoms with Gasteiger partial charge >= 0.3 is 0 Å². The van der Waals surface area contributed by atoms with Gasteiger partial charge in [-0.2, -0.15) is 11.8 Å². The SMILES string of the molecule is C#CCCCCCCCSC. The van der Waals surface area contributed by atoms with Crippen LogP contribution < -0.4 is 0 Å². The van der Waals surface area contributed by atoms with Crippen molar-refractivity contribution in [3.63, 3.8) is 0 Å². The molecule has 0 nitrogen and oxygen atoms in total. The first kappa shape index (κ1) is 10.9. The molecular formula is C10H18S. The molecule has 0 heterocycles. The number of hydrogen-bond acceptors (Lipinski definition) is 1. The van der Waals surface area contributed by atoms with E-state index < -0.39 is 0 Å². The summed E-state index contributed by atoms with van der Waals surface area (Å²) in [4.78, 5) is 0. The van der Waals surface area contributed by atoms with Crippen molar-refractivity contribution in [2.45, 2.75) is 38.5 Å². The minimum absolute atomic E-state index is 0.961. The average molecular weight is 170 g/mol. The molecule has 0 unspecified atom stereocenters. The lowest BCUT2D eigenvalue weighted by molar-refractivity contribution is 0.644. The van der Waals surface area contributed by atoms with E-state index in [1.54, 1.807) is 0 Å². The van der Waals surface area contributed by atoms with Crippen LogP contribution in [0.3, 0.4) is 0 Å². The molecule has 64 valence electrons. The van der Waals surface area contributed by atoms with Crippen molar-refractivity contribution in [3.05, 3.63) is 0 Å². The van der Waals surface area contributed by atoms with E-state index in [4.69, 9.17) is 6.42 Å². The molecule has 0 bridgehead atoms. The van der Waals surface area contributed by atoms with Crippen LogP contribution in [0.15, 0.2) is 0 Å². The minimum atomic E-state index is 0.961. The molecule has 0 rings (SSSR count). The Morgan fingerprint density at radius 2 is 1.73 bits per heavy atom. The second-order valence-electron chi connectivity index (χ2n) is 2.71. The lowest BCUT2D eigenvalue weighted by atomic mass is 10.1. The van der Waals surface area contributed by atoms with E-state index in [2.05, 4.69) is 12.2 Å². The zero-order chi connectivity index (χ0) is 8.36. The Hall–Kier alpha value is -0.0900. The van der Waals surface area contributed by atoms with Crippen LogP contribution >= 0.6 is 11.8 Å². The fraction of sp³-hybridized carbons (Fsp3) is 0.800. The van der Waals surface area contributed by atoms with Gasteiger partial charge in [-0.25, -0.2) is 0 Å². The van der Waals surface area contributed by atoms with Gasteiger partial charge in [0.25, 0.3) is 0 Å². The maximum Gasteiger partial charge on any atom is 0.00860 e. The molecule has 0 amide bonds. The van der Waals surface area contributed by atoms with Crippen LogP contribution in [0.4, 0.5) is 0 Å². The summed E-state index contributed by atoms with van der Waals surface area (Å²) in [6.07, 6.45) is 14.9. The molecule has 0 aromatic heterocycles. The minimum Gasteiger partial charge on any atom is -0.165 e. The van der Waals surface area contributed by atoms with Crippen molar-refractivity contribution in [1.82, 2.24) is 0 Å². The summed E-state index contributed by atoms with van der Waals surface area (Å²) < 4.78 is 0. The second kappa shape index (κ2) is 9.91. The van der Waals surface area contributed by atoms with Gasteiger partial charge < -0.3 is 0 Å². The van der Waals surface area contributed by atoms with Crippen LogP contribution in [0.25, 0.3) is 0 Å². The molecule has 0 aromatic rings. The third kappa shape index (κ3) is 9.91. The number of unbranched alkanes of at least 4 members (excludes halogenated alkanes) is 5. The van der Waals surface area contributed by atoms with Gasteiger partial charge in [0.2, 0.25) is 0 Å². The normalized spacial score (nSPS) is 9.45. The molecular weight excluding hydrogens is 152 g/mol. The third-order valence-corrected chi connectivity index (χ3v) is 2.37. The summed E-state index contributed by atoms with van der Waals surface area (Å²) in [5, 5.41) is 0. The first-order chi connectivity index (χ1) is 5.41. The average Bonchev–Trinajstić information content (AvgIpc) is 2.03. The number of hydrogen-bond donors (Lipinski definition) is 0. The van der Waals surface area contributed by atoms with Crippen LogP contribution in [0.2, 0.25) is 0 Å². The molecule has 0 aliphatic carbocycles. The maximum atomic E-state index is 5.14. The Bertz CT molecular complexity index is 102. The zero-order valence-electron chi connectivity index (χ0n) is 7.44. The molecule has 0 radical (unpaired) electrons. The Balaban J connectivity index is 2.75. The van der Waals surface area contributed by atoms with E-state index >= 15 is 0 Å². The molecule has 0 saturated carbocycles. The predicted molar refractivity (Wildman–Crippen MR) is 54.9 cm³/mol. The molecule has 0 fully saturated rings. The van der Waals surface area contributed by atoms with E-state index in [-0.39, 0.29) is 0 Å². The molecule has 11 heavy (non-hydrogen) atoms. The fourth-order valence-electron chi connectivity index (χ4n) is 1.00. The summed E-state index contributed by atoms with van der Waals surface area (Å²) in [6.45, 7) is 0. The standard InChI is InChI=1S/C10H18S/c1-3-4-5-6-7-8-9-10-11-2/h1H,4-10H2,2H3. The number of thioether (sulfide) groups is 1. The summed E-state index contributed by atoms with van der Waals surface area (Å²) in [7, 11) is 0. The lowest BCUT2D eigenvalue weighted by Crippen LogP contribution is -1.80. The summed E-state index contributed by atoms with van der Waals surface area (Å²) in [5.41, 5.74) is 0. The molecule has 0 spiro atoms. The molecule has 0 saturated heterocycles. The van der Waals surface area contributed by atoms with Gasteiger partial charge in [-0.1, -0.05) is 19.3 Å². The molecule has 0 N–H and O–H groups in total. The number of rotatable bonds is 7. The van der Waals surface area contributed by atoms with Gasteiger partial charge in [0, 0.05) is 6.42 Å². The molecule has 0 atom stereocenters. The summed E-state index contributed by atoms with van der Waals surface area (Å²) in [6, 6.07) is 0.